The van der Waals surface area contributed by atoms with Crippen molar-refractivity contribution in [2.75, 3.05) is 0 Å². The summed E-state index contributed by atoms with van der Waals surface area (Å²) >= 11 is 0. The molecule has 2 heterocycles. The van der Waals surface area contributed by atoms with Crippen LogP contribution < -0.4 is 22.1 Å². The standard InChI is InChI=1S/C2H4N10O4/c13-11(14)9-1(3-5-7-9)2-4-6-8-10(2)12(15)16/h5-8H. The molecular weight excluding hydrogens is 228 g/mol. The van der Waals surface area contributed by atoms with Crippen molar-refractivity contribution in [3.8, 4) is 0 Å². The van der Waals surface area contributed by atoms with Crippen LogP contribution in [-0.4, -0.2) is 32.0 Å². The Kier molecular flexibility index (Phi) is 2.11. The van der Waals surface area contributed by atoms with Gasteiger partial charge in [0.25, 0.3) is 11.7 Å². The smallest absolute Gasteiger partial charge is 0.233 e. The fourth-order valence-corrected chi connectivity index (χ4v) is 0.977. The van der Waals surface area contributed by atoms with Gasteiger partial charge in [-0.15, -0.1) is 10.2 Å². The van der Waals surface area contributed by atoms with E-state index in [9.17, 15) is 20.2 Å². The first-order chi connectivity index (χ1) is 7.61. The first-order valence-electron chi connectivity index (χ1n) is 3.67. The molecule has 14 nitrogen and oxygen atoms in total. The van der Waals surface area contributed by atoms with E-state index in [0.717, 1.165) is 0 Å². The number of hydrazone groups is 2. The monoisotopic (exact) mass is 232 g/mol. The van der Waals surface area contributed by atoms with Gasteiger partial charge in [0, 0.05) is 10.2 Å². The van der Waals surface area contributed by atoms with Crippen LogP contribution in [0.1, 0.15) is 0 Å². The van der Waals surface area contributed by atoms with E-state index in [2.05, 4.69) is 21.3 Å². The average Bonchev–Trinajstić information content (AvgIpc) is 2.85. The number of amidine groups is 2. The molecule has 2 aliphatic rings. The molecule has 0 bridgehead atoms. The summed E-state index contributed by atoms with van der Waals surface area (Å²) < 4.78 is 0. The van der Waals surface area contributed by atoms with Crippen LogP contribution in [0.4, 0.5) is 0 Å². The summed E-state index contributed by atoms with van der Waals surface area (Å²) in [4.78, 5) is 21.0. The van der Waals surface area contributed by atoms with Gasteiger partial charge in [0.15, 0.2) is 10.1 Å². The number of nitrogens with one attached hydrogen (secondary N) is 4. The summed E-state index contributed by atoms with van der Waals surface area (Å²) in [5.41, 5.74) is 8.23. The predicted octanol–water partition coefficient (Wildman–Crippen LogP) is -3.35. The lowest BCUT2D eigenvalue weighted by atomic mass is 10.5. The molecule has 0 fully saturated rings. The minimum atomic E-state index is -0.863. The minimum Gasteiger partial charge on any atom is -0.233 e. The van der Waals surface area contributed by atoms with E-state index in [0.29, 0.717) is 10.2 Å². The molecule has 86 valence electrons. The van der Waals surface area contributed by atoms with E-state index in [1.165, 1.54) is 0 Å². The van der Waals surface area contributed by atoms with Crippen molar-refractivity contribution in [1.29, 1.82) is 0 Å². The van der Waals surface area contributed by atoms with E-state index >= 15 is 0 Å². The molecule has 0 atom stereocenters. The van der Waals surface area contributed by atoms with E-state index < -0.39 is 10.1 Å². The molecule has 16 heavy (non-hydrogen) atoms. The minimum absolute atomic E-state index is 0.337. The van der Waals surface area contributed by atoms with Gasteiger partial charge < -0.3 is 0 Å². The van der Waals surface area contributed by atoms with Crippen molar-refractivity contribution in [2.24, 2.45) is 10.2 Å². The second-order valence-corrected chi connectivity index (χ2v) is 2.42. The molecule has 0 spiro atoms. The molecule has 14 heteroatoms. The maximum Gasteiger partial charge on any atom is 0.287 e. The number of rotatable bonds is 3. The molecule has 2 aliphatic heterocycles. The Balaban J connectivity index is 2.24. The van der Waals surface area contributed by atoms with Crippen molar-refractivity contribution in [3.63, 3.8) is 0 Å². The van der Waals surface area contributed by atoms with Crippen LogP contribution in [0.25, 0.3) is 0 Å². The number of nitro groups is 2. The van der Waals surface area contributed by atoms with Crippen LogP contribution in [-0.2, 0) is 0 Å². The maximum atomic E-state index is 10.5. The molecule has 0 aliphatic carbocycles. The van der Waals surface area contributed by atoms with Gasteiger partial charge in [-0.3, -0.25) is 0 Å². The van der Waals surface area contributed by atoms with Gasteiger partial charge in [0.05, 0.1) is 0 Å². The highest BCUT2D eigenvalue weighted by Crippen LogP contribution is 2.02. The zero-order valence-corrected chi connectivity index (χ0v) is 7.32. The third-order valence-electron chi connectivity index (χ3n) is 1.56. The van der Waals surface area contributed by atoms with Gasteiger partial charge in [-0.25, -0.2) is 31.3 Å². The second kappa shape index (κ2) is 3.44. The summed E-state index contributed by atoms with van der Waals surface area (Å²) in [7, 11) is 0. The number of hydrogen-bond acceptors (Lipinski definition) is 10. The van der Waals surface area contributed by atoms with Gasteiger partial charge in [0.2, 0.25) is 0 Å². The van der Waals surface area contributed by atoms with Gasteiger partial charge in [-0.2, -0.15) is 0 Å². The summed E-state index contributed by atoms with van der Waals surface area (Å²) in [5, 5.41) is 26.8. The Hall–Kier alpha value is -2.74. The fraction of sp³-hybridized carbons (Fsp3) is 0. The average molecular weight is 232 g/mol. The normalized spacial score (nSPS) is 18.8. The van der Waals surface area contributed by atoms with E-state index in [1.807, 2.05) is 11.1 Å². The molecule has 0 saturated carbocycles. The zero-order valence-electron chi connectivity index (χ0n) is 7.32. The van der Waals surface area contributed by atoms with Crippen LogP contribution in [0, 0.1) is 20.2 Å². The lowest BCUT2D eigenvalue weighted by molar-refractivity contribution is -0.648. The first-order valence-corrected chi connectivity index (χ1v) is 3.67. The van der Waals surface area contributed by atoms with Gasteiger partial charge >= 0.3 is 0 Å². The number of hydrazine groups is 6. The molecular formula is C2H4N10O4. The molecule has 0 amide bonds. The van der Waals surface area contributed by atoms with Crippen LogP contribution >= 0.6 is 0 Å². The molecule has 0 unspecified atom stereocenters. The van der Waals surface area contributed by atoms with Crippen molar-refractivity contribution < 1.29 is 10.1 Å². The summed E-state index contributed by atoms with van der Waals surface area (Å²) in [6, 6.07) is 0. The lowest BCUT2D eigenvalue weighted by Crippen LogP contribution is -2.53. The van der Waals surface area contributed by atoms with Crippen LogP contribution in [0.3, 0.4) is 0 Å². The summed E-state index contributed by atoms with van der Waals surface area (Å²) in [6.45, 7) is 0. The van der Waals surface area contributed by atoms with Crippen molar-refractivity contribution in [1.82, 2.24) is 32.4 Å². The Bertz CT molecular complexity index is 362. The maximum absolute atomic E-state index is 10.5. The largest absolute Gasteiger partial charge is 0.287 e. The highest BCUT2D eigenvalue weighted by Gasteiger charge is 2.41. The second-order valence-electron chi connectivity index (χ2n) is 2.42. The Morgan fingerprint density at radius 3 is 1.62 bits per heavy atom. The van der Waals surface area contributed by atoms with E-state index in [-0.39, 0.29) is 11.7 Å². The quantitative estimate of drug-likeness (QED) is 0.285. The molecule has 0 radical (unpaired) electrons. The Labute approximate surface area is 85.7 Å². The topological polar surface area (TPSA) is 166 Å². The van der Waals surface area contributed by atoms with E-state index in [4.69, 9.17) is 0 Å². The number of hydrogen-bond donors (Lipinski definition) is 4. The SMILES string of the molecule is O=[N+]([O-])N1NNN=C1C1=NNNN1[N+](=O)[O-]. The number of nitrogens with zero attached hydrogens (tertiary/aromatic N) is 6. The Morgan fingerprint density at radius 1 is 0.938 bits per heavy atom. The molecule has 2 rings (SSSR count). The highest BCUT2D eigenvalue weighted by molar-refractivity contribution is 6.39. The molecule has 0 aromatic carbocycles. The molecule has 0 saturated heterocycles. The van der Waals surface area contributed by atoms with E-state index in [1.54, 1.807) is 0 Å². The third kappa shape index (κ3) is 1.38. The summed E-state index contributed by atoms with van der Waals surface area (Å²) in [6.07, 6.45) is 0. The Morgan fingerprint density at radius 2 is 1.31 bits per heavy atom. The fourth-order valence-electron chi connectivity index (χ4n) is 0.977. The summed E-state index contributed by atoms with van der Waals surface area (Å²) in [5.74, 6) is -0.751. The van der Waals surface area contributed by atoms with Crippen molar-refractivity contribution in [2.45, 2.75) is 0 Å². The first kappa shape index (κ1) is 9.80. The van der Waals surface area contributed by atoms with Crippen molar-refractivity contribution >= 4 is 11.7 Å². The van der Waals surface area contributed by atoms with Crippen LogP contribution in [0.15, 0.2) is 10.2 Å². The van der Waals surface area contributed by atoms with Gasteiger partial charge in [-0.05, 0) is 0 Å². The highest BCUT2D eigenvalue weighted by atomic mass is 16.7. The van der Waals surface area contributed by atoms with Crippen molar-refractivity contribution in [3.05, 3.63) is 20.2 Å². The third-order valence-corrected chi connectivity index (χ3v) is 1.56. The molecule has 0 aromatic rings. The zero-order chi connectivity index (χ0) is 11.7. The van der Waals surface area contributed by atoms with Gasteiger partial charge in [-0.1, -0.05) is 11.1 Å². The predicted molar refractivity (Wildman–Crippen MR) is 45.1 cm³/mol. The molecule has 0 aromatic heterocycles. The lowest BCUT2D eigenvalue weighted by Gasteiger charge is -2.09. The van der Waals surface area contributed by atoms with Crippen LogP contribution in [0.5, 0.6) is 0 Å². The van der Waals surface area contributed by atoms with Gasteiger partial charge in [0.1, 0.15) is 0 Å². The molecule has 4 N–H and O–H groups in total. The van der Waals surface area contributed by atoms with Crippen LogP contribution in [0.2, 0.25) is 0 Å².